The van der Waals surface area contributed by atoms with Gasteiger partial charge in [-0.1, -0.05) is 18.2 Å². The normalized spacial score (nSPS) is 22.1. The van der Waals surface area contributed by atoms with Gasteiger partial charge in [0.25, 0.3) is 0 Å². The van der Waals surface area contributed by atoms with E-state index in [-0.39, 0.29) is 6.10 Å². The molecular weight excluding hydrogens is 248 g/mol. The van der Waals surface area contributed by atoms with E-state index in [0.717, 1.165) is 12.2 Å². The predicted octanol–water partition coefficient (Wildman–Crippen LogP) is 3.56. The average molecular weight is 264 g/mol. The molecule has 1 aliphatic heterocycles. The first-order chi connectivity index (χ1) is 8.34. The van der Waals surface area contributed by atoms with Crippen molar-refractivity contribution in [3.05, 3.63) is 35.2 Å². The summed E-state index contributed by atoms with van der Waals surface area (Å²) in [5.41, 5.74) is 1.31. The Morgan fingerprint density at radius 2 is 2.24 bits per heavy atom. The Bertz CT molecular complexity index is 500. The predicted molar refractivity (Wildman–Crippen MR) is 77.0 cm³/mol. The third-order valence-corrected chi connectivity index (χ3v) is 5.70. The van der Waals surface area contributed by atoms with Gasteiger partial charge in [0.1, 0.15) is 0 Å². The number of thiophene rings is 1. The van der Waals surface area contributed by atoms with Crippen LogP contribution in [-0.2, 0) is 6.42 Å². The van der Waals surface area contributed by atoms with Crippen molar-refractivity contribution in [2.45, 2.75) is 18.9 Å². The van der Waals surface area contributed by atoms with Crippen LogP contribution in [0.5, 0.6) is 0 Å². The molecule has 2 atom stereocenters. The molecule has 90 valence electrons. The summed E-state index contributed by atoms with van der Waals surface area (Å²) in [6.45, 7) is 0. The standard InChI is InChI=1S/C14H16OS2/c15-13(10-5-6-16-8-10)7-11-9-17-14-4-2-1-3-12(11)14/h1-4,9-10,13,15H,5-8H2. The molecule has 0 aliphatic carbocycles. The molecule has 3 heteroatoms. The molecule has 1 saturated heterocycles. The monoisotopic (exact) mass is 264 g/mol. The first kappa shape index (κ1) is 11.6. The minimum Gasteiger partial charge on any atom is -0.392 e. The average Bonchev–Trinajstić information content (AvgIpc) is 2.98. The highest BCUT2D eigenvalue weighted by Gasteiger charge is 2.24. The van der Waals surface area contributed by atoms with Gasteiger partial charge in [0, 0.05) is 11.1 Å². The summed E-state index contributed by atoms with van der Waals surface area (Å²) in [6, 6.07) is 8.47. The van der Waals surface area contributed by atoms with Crippen LogP contribution in [0.3, 0.4) is 0 Å². The quantitative estimate of drug-likeness (QED) is 0.914. The van der Waals surface area contributed by atoms with Gasteiger partial charge in [0.2, 0.25) is 0 Å². The van der Waals surface area contributed by atoms with E-state index in [1.165, 1.54) is 27.8 Å². The molecule has 0 bridgehead atoms. The molecule has 1 aliphatic rings. The largest absolute Gasteiger partial charge is 0.392 e. The van der Waals surface area contributed by atoms with Crippen molar-refractivity contribution in [2.75, 3.05) is 11.5 Å². The van der Waals surface area contributed by atoms with Crippen LogP contribution in [0, 0.1) is 5.92 Å². The molecule has 1 aromatic carbocycles. The second-order valence-electron chi connectivity index (χ2n) is 4.65. The summed E-state index contributed by atoms with van der Waals surface area (Å²) >= 11 is 3.75. The van der Waals surface area contributed by atoms with Crippen molar-refractivity contribution in [1.82, 2.24) is 0 Å². The Morgan fingerprint density at radius 3 is 3.06 bits per heavy atom. The number of hydrogen-bond acceptors (Lipinski definition) is 3. The van der Waals surface area contributed by atoms with Crippen molar-refractivity contribution in [3.8, 4) is 0 Å². The van der Waals surface area contributed by atoms with Gasteiger partial charge in [0.05, 0.1) is 6.10 Å². The topological polar surface area (TPSA) is 20.2 Å². The third kappa shape index (κ3) is 2.37. The molecule has 0 radical (unpaired) electrons. The lowest BCUT2D eigenvalue weighted by atomic mass is 9.95. The Morgan fingerprint density at radius 1 is 1.35 bits per heavy atom. The number of benzene rings is 1. The molecule has 0 amide bonds. The van der Waals surface area contributed by atoms with Crippen LogP contribution in [0.2, 0.25) is 0 Å². The summed E-state index contributed by atoms with van der Waals surface area (Å²) in [5.74, 6) is 2.84. The minimum atomic E-state index is -0.164. The second-order valence-corrected chi connectivity index (χ2v) is 6.71. The van der Waals surface area contributed by atoms with Gasteiger partial charge in [-0.2, -0.15) is 11.8 Å². The highest BCUT2D eigenvalue weighted by Crippen LogP contribution is 2.31. The van der Waals surface area contributed by atoms with Gasteiger partial charge < -0.3 is 5.11 Å². The summed E-state index contributed by atoms with van der Waals surface area (Å²) in [4.78, 5) is 0. The molecule has 1 fully saturated rings. The molecule has 2 unspecified atom stereocenters. The molecular formula is C14H16OS2. The zero-order valence-corrected chi connectivity index (χ0v) is 11.3. The number of thioether (sulfide) groups is 1. The van der Waals surface area contributed by atoms with Crippen molar-refractivity contribution in [2.24, 2.45) is 5.92 Å². The molecule has 0 spiro atoms. The molecule has 17 heavy (non-hydrogen) atoms. The molecule has 1 N–H and O–H groups in total. The van der Waals surface area contributed by atoms with E-state index in [1.807, 2.05) is 11.8 Å². The Hall–Kier alpha value is -0.510. The van der Waals surface area contributed by atoms with E-state index in [1.54, 1.807) is 11.3 Å². The van der Waals surface area contributed by atoms with Crippen LogP contribution in [0.25, 0.3) is 10.1 Å². The van der Waals surface area contributed by atoms with Gasteiger partial charge >= 0.3 is 0 Å². The highest BCUT2D eigenvalue weighted by atomic mass is 32.2. The third-order valence-electron chi connectivity index (χ3n) is 3.50. The number of aliphatic hydroxyl groups is 1. The fourth-order valence-corrected chi connectivity index (χ4v) is 4.74. The van der Waals surface area contributed by atoms with Gasteiger partial charge in [-0.25, -0.2) is 0 Å². The number of aliphatic hydroxyl groups excluding tert-OH is 1. The zero-order chi connectivity index (χ0) is 11.7. The van der Waals surface area contributed by atoms with E-state index in [9.17, 15) is 5.11 Å². The highest BCUT2D eigenvalue weighted by molar-refractivity contribution is 7.99. The van der Waals surface area contributed by atoms with Crippen LogP contribution in [0.4, 0.5) is 0 Å². The van der Waals surface area contributed by atoms with E-state index >= 15 is 0 Å². The van der Waals surface area contributed by atoms with Crippen molar-refractivity contribution >= 4 is 33.2 Å². The number of hydrogen-bond donors (Lipinski definition) is 1. The smallest absolute Gasteiger partial charge is 0.0617 e. The minimum absolute atomic E-state index is 0.164. The van der Waals surface area contributed by atoms with Gasteiger partial charge in [0.15, 0.2) is 0 Å². The zero-order valence-electron chi connectivity index (χ0n) is 9.63. The van der Waals surface area contributed by atoms with Crippen LogP contribution in [-0.4, -0.2) is 22.7 Å². The van der Waals surface area contributed by atoms with Crippen LogP contribution in [0.15, 0.2) is 29.6 Å². The SMILES string of the molecule is OC(Cc1csc2ccccc12)C1CCSC1. The van der Waals surface area contributed by atoms with E-state index in [4.69, 9.17) is 0 Å². The van der Waals surface area contributed by atoms with Crippen molar-refractivity contribution in [3.63, 3.8) is 0 Å². The first-order valence-electron chi connectivity index (χ1n) is 6.05. The lowest BCUT2D eigenvalue weighted by Crippen LogP contribution is -2.22. The van der Waals surface area contributed by atoms with Crippen LogP contribution in [0.1, 0.15) is 12.0 Å². The fraction of sp³-hybridized carbons (Fsp3) is 0.429. The molecule has 2 heterocycles. The van der Waals surface area contributed by atoms with E-state index in [2.05, 4.69) is 29.6 Å². The van der Waals surface area contributed by atoms with Crippen molar-refractivity contribution in [1.29, 1.82) is 0 Å². The van der Waals surface area contributed by atoms with Gasteiger partial charge in [-0.3, -0.25) is 0 Å². The first-order valence-corrected chi connectivity index (χ1v) is 8.09. The Labute approximate surface area is 110 Å². The van der Waals surface area contributed by atoms with E-state index < -0.39 is 0 Å². The van der Waals surface area contributed by atoms with E-state index in [0.29, 0.717) is 5.92 Å². The summed E-state index contributed by atoms with van der Waals surface area (Å²) in [6.07, 6.45) is 1.83. The maximum atomic E-state index is 10.3. The summed E-state index contributed by atoms with van der Waals surface area (Å²) in [5, 5.41) is 13.8. The molecule has 3 rings (SSSR count). The second kappa shape index (κ2) is 5.01. The van der Waals surface area contributed by atoms with Crippen molar-refractivity contribution < 1.29 is 5.11 Å². The molecule has 2 aromatic rings. The van der Waals surface area contributed by atoms with Gasteiger partial charge in [-0.15, -0.1) is 11.3 Å². The Kier molecular flexibility index (Phi) is 3.41. The number of fused-ring (bicyclic) bond motifs is 1. The molecule has 0 saturated carbocycles. The lowest BCUT2D eigenvalue weighted by Gasteiger charge is -2.16. The van der Waals surface area contributed by atoms with Gasteiger partial charge in [-0.05, 0) is 46.2 Å². The fourth-order valence-electron chi connectivity index (χ4n) is 2.44. The van der Waals surface area contributed by atoms with Crippen LogP contribution >= 0.6 is 23.1 Å². The lowest BCUT2D eigenvalue weighted by molar-refractivity contribution is 0.121. The van der Waals surface area contributed by atoms with Crippen LogP contribution < -0.4 is 0 Å². The number of rotatable bonds is 3. The molecule has 1 nitrogen and oxygen atoms in total. The summed E-state index contributed by atoms with van der Waals surface area (Å²) < 4.78 is 1.33. The summed E-state index contributed by atoms with van der Waals surface area (Å²) in [7, 11) is 0. The molecule has 1 aromatic heterocycles. The maximum Gasteiger partial charge on any atom is 0.0617 e. The maximum absolute atomic E-state index is 10.3. The Balaban J connectivity index is 1.80.